The van der Waals surface area contributed by atoms with Gasteiger partial charge in [-0.15, -0.1) is 0 Å². The maximum Gasteiger partial charge on any atom is 0.255 e. The Hall–Kier alpha value is -2.22. The molecule has 1 amide bonds. The van der Waals surface area contributed by atoms with Crippen LogP contribution in [0.5, 0.6) is 5.75 Å². The molecule has 0 radical (unpaired) electrons. The van der Waals surface area contributed by atoms with Crippen LogP contribution in [-0.4, -0.2) is 59.6 Å². The zero-order chi connectivity index (χ0) is 23.0. The molecule has 6 nitrogen and oxygen atoms in total. The van der Waals surface area contributed by atoms with Crippen molar-refractivity contribution in [2.75, 3.05) is 20.1 Å². The van der Waals surface area contributed by atoms with E-state index in [0.29, 0.717) is 43.5 Å². The zero-order valence-electron chi connectivity index (χ0n) is 18.6. The highest BCUT2D eigenvalue weighted by molar-refractivity contribution is 9.10. The number of nitrogens with one attached hydrogen (secondary N) is 1. The number of Topliss-reactive ketones (excluding diaryl/α,β-unsaturated/α-hetero) is 1. The highest BCUT2D eigenvalue weighted by atomic mass is 79.9. The molecule has 172 valence electrons. The third-order valence-corrected chi connectivity index (χ3v) is 8.93. The molecule has 4 atom stereocenters. The van der Waals surface area contributed by atoms with Gasteiger partial charge in [0.15, 0.2) is 11.9 Å². The molecule has 1 spiro atoms. The number of carbonyl (C=O) groups is 2. The fourth-order valence-corrected chi connectivity index (χ4v) is 7.06. The van der Waals surface area contributed by atoms with Gasteiger partial charge in [0.2, 0.25) is 0 Å². The third kappa shape index (κ3) is 2.85. The van der Waals surface area contributed by atoms with Crippen LogP contribution in [0.25, 0.3) is 0 Å². The number of hydrogen-bond donors (Lipinski definition) is 2. The lowest BCUT2D eigenvalue weighted by Crippen LogP contribution is -2.76. The number of amides is 1. The Morgan fingerprint density at radius 2 is 2.03 bits per heavy atom. The summed E-state index contributed by atoms with van der Waals surface area (Å²) in [5.41, 5.74) is 1.83. The molecular weight excluding hydrogens is 484 g/mol. The Labute approximate surface area is 201 Å². The highest BCUT2D eigenvalue weighted by Crippen LogP contribution is 2.63. The highest BCUT2D eigenvalue weighted by Gasteiger charge is 2.72. The number of nitrogens with zero attached hydrogens (tertiary/aromatic N) is 1. The Morgan fingerprint density at radius 1 is 1.24 bits per heavy atom. The Morgan fingerprint density at radius 3 is 2.82 bits per heavy atom. The zero-order valence-corrected chi connectivity index (χ0v) is 20.2. The molecule has 2 aliphatic carbocycles. The van der Waals surface area contributed by atoms with Crippen LogP contribution >= 0.6 is 15.9 Å². The SMILES string of the molecule is CN1CC[C@]23c4c5ccc(C(=O)NCCc6ccc(Br)cc6)c4O[C@H]2C(=O)CC[C@@]3(O)[C@H]1C5. The summed E-state index contributed by atoms with van der Waals surface area (Å²) in [4.78, 5) is 28.4. The van der Waals surface area contributed by atoms with Crippen molar-refractivity contribution in [3.05, 3.63) is 63.1 Å². The van der Waals surface area contributed by atoms with Gasteiger partial charge in [-0.3, -0.25) is 9.59 Å². The fraction of sp³-hybridized carbons (Fsp3) is 0.462. The summed E-state index contributed by atoms with van der Waals surface area (Å²) >= 11 is 3.44. The second-order valence-corrected chi connectivity index (χ2v) is 10.8. The Bertz CT molecular complexity index is 1170. The minimum Gasteiger partial charge on any atom is -0.480 e. The number of likely N-dealkylation sites (tertiary alicyclic amines) is 1. The van der Waals surface area contributed by atoms with Gasteiger partial charge in [-0.25, -0.2) is 0 Å². The molecule has 2 aromatic rings. The summed E-state index contributed by atoms with van der Waals surface area (Å²) in [6.07, 6.45) is 2.13. The van der Waals surface area contributed by atoms with Crippen LogP contribution in [0.4, 0.5) is 0 Å². The van der Waals surface area contributed by atoms with Crippen LogP contribution in [0, 0.1) is 0 Å². The van der Waals surface area contributed by atoms with E-state index in [9.17, 15) is 14.7 Å². The van der Waals surface area contributed by atoms with Crippen molar-refractivity contribution < 1.29 is 19.4 Å². The van der Waals surface area contributed by atoms with E-state index in [2.05, 4.69) is 33.2 Å². The summed E-state index contributed by atoms with van der Waals surface area (Å²) in [6, 6.07) is 11.8. The topological polar surface area (TPSA) is 78.9 Å². The van der Waals surface area contributed by atoms with Crippen LogP contribution < -0.4 is 10.1 Å². The monoisotopic (exact) mass is 510 g/mol. The first-order chi connectivity index (χ1) is 15.8. The van der Waals surface area contributed by atoms with E-state index >= 15 is 0 Å². The number of likely N-dealkylation sites (N-methyl/N-ethyl adjacent to an activating group) is 1. The predicted molar refractivity (Wildman–Crippen MR) is 127 cm³/mol. The van der Waals surface area contributed by atoms with Gasteiger partial charge in [-0.05, 0) is 68.6 Å². The van der Waals surface area contributed by atoms with Crippen molar-refractivity contribution in [3.8, 4) is 5.75 Å². The average molecular weight is 511 g/mol. The third-order valence-electron chi connectivity index (χ3n) is 8.40. The maximum atomic E-state index is 13.2. The van der Waals surface area contributed by atoms with Crippen LogP contribution in [-0.2, 0) is 23.1 Å². The minimum atomic E-state index is -1.02. The second-order valence-electron chi connectivity index (χ2n) is 9.92. The molecule has 2 N–H and O–H groups in total. The average Bonchev–Trinajstić information content (AvgIpc) is 3.16. The van der Waals surface area contributed by atoms with E-state index < -0.39 is 17.1 Å². The van der Waals surface area contributed by atoms with Crippen molar-refractivity contribution >= 4 is 27.6 Å². The molecule has 1 saturated heterocycles. The van der Waals surface area contributed by atoms with Crippen LogP contribution in [0.3, 0.4) is 0 Å². The number of carbonyl (C=O) groups excluding carboxylic acids is 2. The van der Waals surface area contributed by atoms with Crippen LogP contribution in [0.15, 0.2) is 40.9 Å². The Balaban J connectivity index is 1.34. The number of piperidine rings is 1. The summed E-state index contributed by atoms with van der Waals surface area (Å²) in [7, 11) is 2.05. The lowest BCUT2D eigenvalue weighted by molar-refractivity contribution is -0.185. The van der Waals surface area contributed by atoms with E-state index in [0.717, 1.165) is 34.1 Å². The standard InChI is InChI=1S/C26H27BrN2O4/c1-29-13-11-25-21-16-4-7-18(24(31)28-12-9-15-2-5-17(27)6-3-15)22(21)33-23(25)19(30)8-10-26(25,32)20(29)14-16/h2-7,20,23,32H,8-14H2,1H3,(H,28,31)/t20-,23+,25+,26-/m1/s1. The number of halogens is 1. The summed E-state index contributed by atoms with van der Waals surface area (Å²) < 4.78 is 7.35. The van der Waals surface area contributed by atoms with E-state index in [1.54, 1.807) is 0 Å². The lowest BCUT2D eigenvalue weighted by Gasteiger charge is -2.62. The van der Waals surface area contributed by atoms with Gasteiger partial charge in [0.1, 0.15) is 5.75 Å². The summed E-state index contributed by atoms with van der Waals surface area (Å²) in [5.74, 6) is 0.343. The van der Waals surface area contributed by atoms with Gasteiger partial charge in [-0.2, -0.15) is 0 Å². The number of aliphatic hydroxyl groups is 1. The normalized spacial score (nSPS) is 31.7. The lowest BCUT2D eigenvalue weighted by atomic mass is 9.49. The van der Waals surface area contributed by atoms with Crippen molar-refractivity contribution in [1.29, 1.82) is 0 Å². The van der Waals surface area contributed by atoms with E-state index in [4.69, 9.17) is 4.74 Å². The van der Waals surface area contributed by atoms with Gasteiger partial charge < -0.3 is 20.1 Å². The second kappa shape index (κ2) is 7.39. The first-order valence-electron chi connectivity index (χ1n) is 11.7. The van der Waals surface area contributed by atoms with Crippen molar-refractivity contribution in [2.24, 2.45) is 0 Å². The summed E-state index contributed by atoms with van der Waals surface area (Å²) in [5, 5.41) is 15.1. The number of ketones is 1. The van der Waals surface area contributed by atoms with Gasteiger partial charge in [0.05, 0.1) is 16.6 Å². The molecule has 2 fully saturated rings. The van der Waals surface area contributed by atoms with Crippen molar-refractivity contribution in [2.45, 2.75) is 55.3 Å². The van der Waals surface area contributed by atoms with Crippen molar-refractivity contribution in [3.63, 3.8) is 0 Å². The minimum absolute atomic E-state index is 0.0358. The molecule has 33 heavy (non-hydrogen) atoms. The van der Waals surface area contributed by atoms with E-state index in [1.807, 2.05) is 36.4 Å². The first-order valence-corrected chi connectivity index (χ1v) is 12.5. The molecule has 7 heteroatoms. The van der Waals surface area contributed by atoms with Crippen LogP contribution in [0.2, 0.25) is 0 Å². The Kier molecular flexibility index (Phi) is 4.77. The number of benzene rings is 2. The number of rotatable bonds is 4. The largest absolute Gasteiger partial charge is 0.480 e. The van der Waals surface area contributed by atoms with Crippen LogP contribution in [0.1, 0.15) is 46.3 Å². The quantitative estimate of drug-likeness (QED) is 0.661. The molecular formula is C26H27BrN2O4. The first kappa shape index (κ1) is 21.3. The van der Waals surface area contributed by atoms with Gasteiger partial charge in [0.25, 0.3) is 5.91 Å². The molecule has 2 heterocycles. The predicted octanol–water partition coefficient (Wildman–Crippen LogP) is 2.77. The van der Waals surface area contributed by atoms with Gasteiger partial charge in [-0.1, -0.05) is 34.1 Å². The van der Waals surface area contributed by atoms with Gasteiger partial charge in [0, 0.05) is 29.0 Å². The smallest absolute Gasteiger partial charge is 0.255 e. The van der Waals surface area contributed by atoms with E-state index in [-0.39, 0.29) is 17.7 Å². The molecule has 0 aromatic heterocycles. The molecule has 2 aromatic carbocycles. The molecule has 4 aliphatic rings. The number of ether oxygens (including phenoxy) is 1. The molecule has 2 aliphatic heterocycles. The maximum absolute atomic E-state index is 13.2. The van der Waals surface area contributed by atoms with Crippen molar-refractivity contribution in [1.82, 2.24) is 10.2 Å². The molecule has 0 unspecified atom stereocenters. The van der Waals surface area contributed by atoms with Gasteiger partial charge >= 0.3 is 0 Å². The molecule has 2 bridgehead atoms. The fourth-order valence-electron chi connectivity index (χ4n) is 6.79. The molecule has 6 rings (SSSR count). The molecule has 1 saturated carbocycles. The van der Waals surface area contributed by atoms with E-state index in [1.165, 1.54) is 0 Å². The number of hydrogen-bond acceptors (Lipinski definition) is 5. The summed E-state index contributed by atoms with van der Waals surface area (Å²) in [6.45, 7) is 1.30.